The van der Waals surface area contributed by atoms with Crippen LogP contribution in [0.2, 0.25) is 0 Å². The zero-order chi connectivity index (χ0) is 13.7. The topological polar surface area (TPSA) is 59.8 Å². The van der Waals surface area contributed by atoms with E-state index >= 15 is 0 Å². The number of carbonyl (C=O) groups excluding carboxylic acids is 1. The summed E-state index contributed by atoms with van der Waals surface area (Å²) in [7, 11) is 0. The molecule has 0 saturated heterocycles. The van der Waals surface area contributed by atoms with Crippen molar-refractivity contribution >= 4 is 23.4 Å². The van der Waals surface area contributed by atoms with Crippen molar-refractivity contribution in [2.24, 2.45) is 0 Å². The second-order valence-electron chi connectivity index (χ2n) is 4.13. The number of nitrogens with zero attached hydrogens (tertiary/aromatic N) is 3. The second kappa shape index (κ2) is 6.38. The summed E-state index contributed by atoms with van der Waals surface area (Å²) in [6.45, 7) is 1.79. The lowest BCUT2D eigenvalue weighted by atomic mass is 10.2. The molecule has 0 fully saturated rings. The number of para-hydroxylation sites is 1. The first-order chi connectivity index (χ1) is 9.22. The molecule has 2 aromatic rings. The molecule has 5 nitrogen and oxygen atoms in total. The molecule has 0 aliphatic rings. The van der Waals surface area contributed by atoms with Gasteiger partial charge in [-0.25, -0.2) is 9.67 Å². The van der Waals surface area contributed by atoms with E-state index in [-0.39, 0.29) is 11.9 Å². The molecule has 100 valence electrons. The number of aromatic nitrogens is 3. The molecule has 6 heteroatoms. The van der Waals surface area contributed by atoms with Gasteiger partial charge in [-0.05, 0) is 24.8 Å². The smallest absolute Gasteiger partial charge is 0.249 e. The SMILES string of the molecule is CSCc1ccccc1NC(=O)[C@H](C)n1cncn1. The fourth-order valence-corrected chi connectivity index (χ4v) is 2.26. The van der Waals surface area contributed by atoms with Gasteiger partial charge in [0.2, 0.25) is 5.91 Å². The third-order valence-corrected chi connectivity index (χ3v) is 3.39. The number of nitrogens with one attached hydrogen (secondary N) is 1. The number of thioether (sulfide) groups is 1. The lowest BCUT2D eigenvalue weighted by molar-refractivity contribution is -0.119. The molecule has 0 aliphatic heterocycles. The van der Waals surface area contributed by atoms with Crippen LogP contribution < -0.4 is 5.32 Å². The largest absolute Gasteiger partial charge is 0.324 e. The predicted molar refractivity (Wildman–Crippen MR) is 77.0 cm³/mol. The Bertz CT molecular complexity index is 541. The van der Waals surface area contributed by atoms with E-state index in [1.807, 2.05) is 30.5 Å². The Balaban J connectivity index is 2.10. The number of rotatable bonds is 5. The van der Waals surface area contributed by atoms with E-state index in [0.29, 0.717) is 0 Å². The van der Waals surface area contributed by atoms with Gasteiger partial charge in [-0.2, -0.15) is 16.9 Å². The molecule has 0 saturated carbocycles. The minimum absolute atomic E-state index is 0.0981. The molecule has 0 bridgehead atoms. The second-order valence-corrected chi connectivity index (χ2v) is 5.00. The third kappa shape index (κ3) is 3.35. The van der Waals surface area contributed by atoms with Gasteiger partial charge in [0.25, 0.3) is 0 Å². The van der Waals surface area contributed by atoms with Gasteiger partial charge >= 0.3 is 0 Å². The van der Waals surface area contributed by atoms with Gasteiger partial charge in [-0.1, -0.05) is 18.2 Å². The Labute approximate surface area is 116 Å². The summed E-state index contributed by atoms with van der Waals surface area (Å²) in [4.78, 5) is 16.0. The number of hydrogen-bond acceptors (Lipinski definition) is 4. The molecule has 1 amide bonds. The van der Waals surface area contributed by atoms with Crippen LogP contribution in [-0.2, 0) is 10.5 Å². The van der Waals surface area contributed by atoms with Crippen LogP contribution in [0.5, 0.6) is 0 Å². The molecular formula is C13H16N4OS. The maximum absolute atomic E-state index is 12.2. The minimum atomic E-state index is -0.384. The Morgan fingerprint density at radius 1 is 1.47 bits per heavy atom. The van der Waals surface area contributed by atoms with E-state index in [1.54, 1.807) is 18.7 Å². The Hall–Kier alpha value is -1.82. The first-order valence-electron chi connectivity index (χ1n) is 5.94. The van der Waals surface area contributed by atoms with E-state index < -0.39 is 0 Å². The van der Waals surface area contributed by atoms with E-state index in [0.717, 1.165) is 17.0 Å². The van der Waals surface area contributed by atoms with Crippen molar-refractivity contribution in [3.05, 3.63) is 42.5 Å². The van der Waals surface area contributed by atoms with Crippen LogP contribution in [0.4, 0.5) is 5.69 Å². The third-order valence-electron chi connectivity index (χ3n) is 2.79. The highest BCUT2D eigenvalue weighted by Crippen LogP contribution is 2.20. The van der Waals surface area contributed by atoms with E-state index in [1.165, 1.54) is 17.3 Å². The van der Waals surface area contributed by atoms with Crippen LogP contribution in [0, 0.1) is 0 Å². The molecule has 1 atom stereocenters. The summed E-state index contributed by atoms with van der Waals surface area (Å²) in [5, 5.41) is 6.92. The molecule has 2 rings (SSSR count). The van der Waals surface area contributed by atoms with Gasteiger partial charge in [-0.15, -0.1) is 0 Å². The molecular weight excluding hydrogens is 260 g/mol. The van der Waals surface area contributed by atoms with Crippen molar-refractivity contribution in [3.63, 3.8) is 0 Å². The van der Waals surface area contributed by atoms with Gasteiger partial charge in [0.05, 0.1) is 0 Å². The molecule has 0 radical (unpaired) electrons. The Kier molecular flexibility index (Phi) is 4.57. The van der Waals surface area contributed by atoms with Crippen LogP contribution in [0.15, 0.2) is 36.9 Å². The molecule has 1 heterocycles. The lowest BCUT2D eigenvalue weighted by Crippen LogP contribution is -2.24. The Morgan fingerprint density at radius 2 is 2.26 bits per heavy atom. The molecule has 1 N–H and O–H groups in total. The average molecular weight is 276 g/mol. The first-order valence-corrected chi connectivity index (χ1v) is 7.33. The lowest BCUT2D eigenvalue weighted by Gasteiger charge is -2.14. The zero-order valence-electron chi connectivity index (χ0n) is 10.9. The van der Waals surface area contributed by atoms with Crippen LogP contribution in [0.3, 0.4) is 0 Å². The highest BCUT2D eigenvalue weighted by atomic mass is 32.2. The van der Waals surface area contributed by atoms with Crippen LogP contribution in [0.25, 0.3) is 0 Å². The van der Waals surface area contributed by atoms with Crippen molar-refractivity contribution in [1.82, 2.24) is 14.8 Å². The van der Waals surface area contributed by atoms with Gasteiger partial charge in [-0.3, -0.25) is 4.79 Å². The molecule has 19 heavy (non-hydrogen) atoms. The fraction of sp³-hybridized carbons (Fsp3) is 0.308. The summed E-state index contributed by atoms with van der Waals surface area (Å²) in [5.74, 6) is 0.771. The zero-order valence-corrected chi connectivity index (χ0v) is 11.7. The van der Waals surface area contributed by atoms with Crippen molar-refractivity contribution in [2.75, 3.05) is 11.6 Å². The molecule has 0 aliphatic carbocycles. The minimum Gasteiger partial charge on any atom is -0.324 e. The van der Waals surface area contributed by atoms with Gasteiger partial charge < -0.3 is 5.32 Å². The molecule has 0 spiro atoms. The summed E-state index contributed by atoms with van der Waals surface area (Å²) in [6, 6.07) is 7.44. The number of benzene rings is 1. The maximum Gasteiger partial charge on any atom is 0.249 e. The van der Waals surface area contributed by atoms with Crippen LogP contribution >= 0.6 is 11.8 Å². The highest BCUT2D eigenvalue weighted by molar-refractivity contribution is 7.97. The number of amides is 1. The molecule has 0 unspecified atom stereocenters. The summed E-state index contributed by atoms with van der Waals surface area (Å²) < 4.78 is 1.53. The quantitative estimate of drug-likeness (QED) is 0.910. The number of anilines is 1. The van der Waals surface area contributed by atoms with Crippen LogP contribution in [0.1, 0.15) is 18.5 Å². The highest BCUT2D eigenvalue weighted by Gasteiger charge is 2.16. The average Bonchev–Trinajstić information content (AvgIpc) is 2.94. The van der Waals surface area contributed by atoms with Crippen LogP contribution in [-0.4, -0.2) is 26.9 Å². The maximum atomic E-state index is 12.2. The van der Waals surface area contributed by atoms with Gasteiger partial charge in [0, 0.05) is 11.4 Å². The van der Waals surface area contributed by atoms with E-state index in [4.69, 9.17) is 0 Å². The normalized spacial score (nSPS) is 12.1. The molecule has 1 aromatic heterocycles. The van der Waals surface area contributed by atoms with Crippen molar-refractivity contribution < 1.29 is 4.79 Å². The summed E-state index contributed by atoms with van der Waals surface area (Å²) >= 11 is 1.72. The summed E-state index contributed by atoms with van der Waals surface area (Å²) in [5.41, 5.74) is 1.97. The standard InChI is InChI=1S/C13H16N4OS/c1-10(17-9-14-8-15-17)13(18)16-12-6-4-3-5-11(12)7-19-2/h3-6,8-10H,7H2,1-2H3,(H,16,18)/t10-/m0/s1. The van der Waals surface area contributed by atoms with Crippen molar-refractivity contribution in [1.29, 1.82) is 0 Å². The predicted octanol–water partition coefficient (Wildman–Crippen LogP) is 2.34. The molecule has 1 aromatic carbocycles. The summed E-state index contributed by atoms with van der Waals surface area (Å²) in [6.07, 6.45) is 5.00. The van der Waals surface area contributed by atoms with Gasteiger partial charge in [0.15, 0.2) is 0 Å². The number of carbonyl (C=O) groups is 1. The Morgan fingerprint density at radius 3 is 2.95 bits per heavy atom. The van der Waals surface area contributed by atoms with E-state index in [9.17, 15) is 4.79 Å². The van der Waals surface area contributed by atoms with Crippen molar-refractivity contribution in [2.45, 2.75) is 18.7 Å². The fourth-order valence-electron chi connectivity index (χ4n) is 1.70. The van der Waals surface area contributed by atoms with Gasteiger partial charge in [0.1, 0.15) is 18.7 Å². The van der Waals surface area contributed by atoms with Crippen molar-refractivity contribution in [3.8, 4) is 0 Å². The number of hydrogen-bond donors (Lipinski definition) is 1. The first kappa shape index (κ1) is 13.6. The van der Waals surface area contributed by atoms with E-state index in [2.05, 4.69) is 15.4 Å². The monoisotopic (exact) mass is 276 g/mol.